The van der Waals surface area contributed by atoms with E-state index in [9.17, 15) is 0 Å². The van der Waals surface area contributed by atoms with E-state index in [1.807, 2.05) is 6.92 Å². The Balaban J connectivity index is 2.57. The number of H-pyrrole nitrogens is 3. The van der Waals surface area contributed by atoms with Gasteiger partial charge in [0.2, 0.25) is 0 Å². The van der Waals surface area contributed by atoms with Gasteiger partial charge in [0.25, 0.3) is 0 Å². The monoisotopic (exact) mass is 204 g/mol. The van der Waals surface area contributed by atoms with E-state index in [2.05, 4.69) is 15.0 Å². The van der Waals surface area contributed by atoms with Crippen LogP contribution in [0.3, 0.4) is 0 Å². The molecule has 78 valence electrons. The lowest BCUT2D eigenvalue weighted by Crippen LogP contribution is -1.91. The Morgan fingerprint density at radius 3 is 2.07 bits per heavy atom. The molecule has 0 unspecified atom stereocenters. The maximum absolute atomic E-state index is 5.90. The number of hydrogen-bond acceptors (Lipinski definition) is 3. The number of hydrogen-bond donors (Lipinski definition) is 6. The van der Waals surface area contributed by atoms with Crippen LogP contribution in [0.5, 0.6) is 0 Å². The highest BCUT2D eigenvalue weighted by Crippen LogP contribution is 2.35. The van der Waals surface area contributed by atoms with E-state index >= 15 is 0 Å². The first kappa shape index (κ1) is 8.10. The summed E-state index contributed by atoms with van der Waals surface area (Å²) in [4.78, 5) is 9.38. The van der Waals surface area contributed by atoms with E-state index in [4.69, 9.17) is 17.2 Å². The van der Waals surface area contributed by atoms with E-state index in [1.165, 1.54) is 0 Å². The average Bonchev–Trinajstić information content (AvgIpc) is 2.75. The summed E-state index contributed by atoms with van der Waals surface area (Å²) >= 11 is 0. The molecule has 0 radical (unpaired) electrons. The molecule has 3 rings (SSSR count). The summed E-state index contributed by atoms with van der Waals surface area (Å²) in [6.07, 6.45) is 0. The molecule has 6 heteroatoms. The molecule has 0 amide bonds. The second-order valence-electron chi connectivity index (χ2n) is 3.74. The van der Waals surface area contributed by atoms with Crippen molar-refractivity contribution in [1.82, 2.24) is 15.0 Å². The van der Waals surface area contributed by atoms with Gasteiger partial charge in [0, 0.05) is 5.69 Å². The number of aromatic nitrogens is 3. The topological polar surface area (TPSA) is 125 Å². The number of rotatable bonds is 0. The largest absolute Gasteiger partial charge is 0.396 e. The minimum atomic E-state index is 0.476. The van der Waals surface area contributed by atoms with Crippen molar-refractivity contribution in [3.63, 3.8) is 0 Å². The van der Waals surface area contributed by atoms with Gasteiger partial charge in [-0.25, -0.2) is 0 Å². The maximum atomic E-state index is 5.90. The Morgan fingerprint density at radius 1 is 0.733 bits per heavy atom. The van der Waals surface area contributed by atoms with Gasteiger partial charge in [0.15, 0.2) is 0 Å². The second kappa shape index (κ2) is 2.22. The minimum absolute atomic E-state index is 0.476. The second-order valence-corrected chi connectivity index (χ2v) is 3.74. The number of fused-ring (bicyclic) bond motifs is 3. The lowest BCUT2D eigenvalue weighted by Gasteiger charge is -1.90. The zero-order chi connectivity index (χ0) is 10.7. The molecule has 0 aliphatic carbocycles. The van der Waals surface area contributed by atoms with E-state index in [1.54, 1.807) is 0 Å². The number of nitrogen functional groups attached to an aromatic ring is 3. The predicted molar refractivity (Wildman–Crippen MR) is 62.5 cm³/mol. The van der Waals surface area contributed by atoms with E-state index in [-0.39, 0.29) is 0 Å². The molecule has 0 saturated heterocycles. The number of nitrogens with one attached hydrogen (secondary N) is 3. The van der Waals surface area contributed by atoms with Crippen molar-refractivity contribution in [2.45, 2.75) is 6.92 Å². The van der Waals surface area contributed by atoms with Crippen LogP contribution in [0.2, 0.25) is 0 Å². The molecule has 3 heterocycles. The summed E-state index contributed by atoms with van der Waals surface area (Å²) in [7, 11) is 0. The van der Waals surface area contributed by atoms with Gasteiger partial charge in [-0.3, -0.25) is 0 Å². The first-order valence-electron chi connectivity index (χ1n) is 4.62. The molecule has 0 fully saturated rings. The zero-order valence-corrected chi connectivity index (χ0v) is 8.23. The van der Waals surface area contributed by atoms with Gasteiger partial charge in [-0.1, -0.05) is 0 Å². The van der Waals surface area contributed by atoms with Crippen molar-refractivity contribution in [2.24, 2.45) is 0 Å². The van der Waals surface area contributed by atoms with E-state index in [0.717, 1.165) is 27.8 Å². The standard InChI is InChI=1S/C9H12N6/c1-2-3(10)5-7(13-2)8-6(14-5)4(11)9(12)15-8/h13-15H,10-12H2,1H3. The fraction of sp³-hybridized carbons (Fsp3) is 0.111. The molecular formula is C9H12N6. The van der Waals surface area contributed by atoms with E-state index in [0.29, 0.717) is 17.2 Å². The van der Waals surface area contributed by atoms with E-state index < -0.39 is 0 Å². The zero-order valence-electron chi connectivity index (χ0n) is 8.23. The first-order chi connectivity index (χ1) is 7.09. The van der Waals surface area contributed by atoms with Crippen molar-refractivity contribution in [3.8, 4) is 0 Å². The molecule has 0 aromatic carbocycles. The molecule has 0 atom stereocenters. The Hall–Kier alpha value is -2.24. The molecule has 0 spiro atoms. The summed E-state index contributed by atoms with van der Waals surface area (Å²) in [5, 5.41) is 0. The van der Waals surface area contributed by atoms with Crippen LogP contribution < -0.4 is 17.2 Å². The number of aryl methyl sites for hydroxylation is 1. The smallest absolute Gasteiger partial charge is 0.127 e. The third-order valence-electron chi connectivity index (χ3n) is 2.81. The van der Waals surface area contributed by atoms with Crippen molar-refractivity contribution >= 4 is 39.3 Å². The fourth-order valence-corrected chi connectivity index (χ4v) is 1.93. The Labute approximate surface area is 84.8 Å². The fourth-order valence-electron chi connectivity index (χ4n) is 1.93. The van der Waals surface area contributed by atoms with Gasteiger partial charge in [-0.15, -0.1) is 0 Å². The summed E-state index contributed by atoms with van der Waals surface area (Å²) in [5.41, 5.74) is 23.1. The predicted octanol–water partition coefficient (Wildman–Crippen LogP) is 1.03. The number of aromatic amines is 3. The molecule has 15 heavy (non-hydrogen) atoms. The Kier molecular flexibility index (Phi) is 1.20. The van der Waals surface area contributed by atoms with Crippen LogP contribution in [-0.4, -0.2) is 15.0 Å². The van der Waals surface area contributed by atoms with Crippen LogP contribution in [0.4, 0.5) is 17.2 Å². The van der Waals surface area contributed by atoms with Crippen LogP contribution in [0.15, 0.2) is 0 Å². The van der Waals surface area contributed by atoms with Crippen LogP contribution in [-0.2, 0) is 0 Å². The van der Waals surface area contributed by atoms with Gasteiger partial charge in [0.1, 0.15) is 5.82 Å². The van der Waals surface area contributed by atoms with Crippen molar-refractivity contribution in [2.75, 3.05) is 17.2 Å². The summed E-state index contributed by atoms with van der Waals surface area (Å²) in [6, 6.07) is 0. The highest BCUT2D eigenvalue weighted by Gasteiger charge is 2.16. The third-order valence-corrected chi connectivity index (χ3v) is 2.81. The van der Waals surface area contributed by atoms with Crippen molar-refractivity contribution in [1.29, 1.82) is 0 Å². The number of anilines is 3. The maximum Gasteiger partial charge on any atom is 0.127 e. The lowest BCUT2D eigenvalue weighted by molar-refractivity contribution is 1.30. The number of nitrogens with two attached hydrogens (primary N) is 3. The van der Waals surface area contributed by atoms with Crippen molar-refractivity contribution < 1.29 is 0 Å². The quantitative estimate of drug-likeness (QED) is 0.327. The van der Waals surface area contributed by atoms with Crippen LogP contribution in [0, 0.1) is 6.92 Å². The first-order valence-corrected chi connectivity index (χ1v) is 4.62. The van der Waals surface area contributed by atoms with Gasteiger partial charge >= 0.3 is 0 Å². The van der Waals surface area contributed by atoms with Crippen LogP contribution >= 0.6 is 0 Å². The summed E-state index contributed by atoms with van der Waals surface area (Å²) < 4.78 is 0. The SMILES string of the molecule is Cc1[nH]c2c([nH]c3c(N)c(N)[nH]c32)c1N. The van der Waals surface area contributed by atoms with Crippen molar-refractivity contribution in [3.05, 3.63) is 5.69 Å². The molecule has 0 bridgehead atoms. The molecule has 3 aromatic heterocycles. The minimum Gasteiger partial charge on any atom is -0.396 e. The Morgan fingerprint density at radius 2 is 1.33 bits per heavy atom. The van der Waals surface area contributed by atoms with Gasteiger partial charge in [0.05, 0.1) is 33.4 Å². The third kappa shape index (κ3) is 0.786. The van der Waals surface area contributed by atoms with Gasteiger partial charge in [-0.2, -0.15) is 0 Å². The molecule has 6 nitrogen and oxygen atoms in total. The highest BCUT2D eigenvalue weighted by atomic mass is 15.0. The van der Waals surface area contributed by atoms with Gasteiger partial charge < -0.3 is 32.2 Å². The Bertz CT molecular complexity index is 611. The molecule has 9 N–H and O–H groups in total. The molecule has 0 aliphatic rings. The highest BCUT2D eigenvalue weighted by molar-refractivity contribution is 6.13. The van der Waals surface area contributed by atoms with Gasteiger partial charge in [-0.05, 0) is 6.92 Å². The lowest BCUT2D eigenvalue weighted by atomic mass is 10.4. The molecular weight excluding hydrogens is 192 g/mol. The molecule has 0 saturated carbocycles. The normalized spacial score (nSPS) is 11.8. The van der Waals surface area contributed by atoms with Crippen LogP contribution in [0.1, 0.15) is 5.69 Å². The molecule has 0 aliphatic heterocycles. The van der Waals surface area contributed by atoms with Crippen LogP contribution in [0.25, 0.3) is 22.1 Å². The summed E-state index contributed by atoms with van der Waals surface area (Å²) in [5.74, 6) is 0.476. The summed E-state index contributed by atoms with van der Waals surface area (Å²) in [6.45, 7) is 1.92. The average molecular weight is 204 g/mol. The molecule has 3 aromatic rings.